The lowest BCUT2D eigenvalue weighted by Gasteiger charge is -2.22. The molecule has 0 bridgehead atoms. The molecule has 5 nitrogen and oxygen atoms in total. The van der Waals surface area contributed by atoms with Crippen LogP contribution in [0.2, 0.25) is 10.0 Å². The second-order valence-electron chi connectivity index (χ2n) is 6.51. The van der Waals surface area contributed by atoms with Crippen LogP contribution in [0.4, 0.5) is 13.2 Å². The molecule has 0 spiro atoms. The van der Waals surface area contributed by atoms with Gasteiger partial charge in [-0.25, -0.2) is 9.78 Å². The Kier molecular flexibility index (Phi) is 6.70. The lowest BCUT2D eigenvalue weighted by atomic mass is 10.1. The van der Waals surface area contributed by atoms with Gasteiger partial charge in [-0.2, -0.15) is 13.2 Å². The zero-order chi connectivity index (χ0) is 21.9. The highest BCUT2D eigenvalue weighted by molar-refractivity contribution is 6.35. The number of aromatic carboxylic acids is 1. The Morgan fingerprint density at radius 1 is 1.10 bits per heavy atom. The van der Waals surface area contributed by atoms with Crippen LogP contribution in [0.15, 0.2) is 53.1 Å². The molecular formula is C20H15Cl2F3N2O3. The van der Waals surface area contributed by atoms with E-state index in [1.165, 1.54) is 6.07 Å². The molecule has 0 aliphatic carbocycles. The molecule has 0 fully saturated rings. The highest BCUT2D eigenvalue weighted by Crippen LogP contribution is 2.30. The van der Waals surface area contributed by atoms with Gasteiger partial charge in [0.2, 0.25) is 5.89 Å². The number of hydrogen-bond acceptors (Lipinski definition) is 4. The van der Waals surface area contributed by atoms with Crippen LogP contribution in [-0.4, -0.2) is 21.0 Å². The SMILES string of the molecule is O=C(O)c1coc(CN(Cc2cccc(C(F)(F)F)c2)Cc2ccc(Cl)cc2Cl)n1. The van der Waals surface area contributed by atoms with Gasteiger partial charge in [-0.05, 0) is 29.3 Å². The molecule has 1 N–H and O–H groups in total. The van der Waals surface area contributed by atoms with Crippen molar-refractivity contribution in [1.29, 1.82) is 0 Å². The van der Waals surface area contributed by atoms with Gasteiger partial charge >= 0.3 is 12.1 Å². The summed E-state index contributed by atoms with van der Waals surface area (Å²) < 4.78 is 44.3. The first-order valence-corrected chi connectivity index (χ1v) is 9.37. The van der Waals surface area contributed by atoms with Crippen molar-refractivity contribution in [3.05, 3.63) is 87.0 Å². The molecule has 158 valence electrons. The number of carboxylic acid groups (broad SMARTS) is 1. The van der Waals surface area contributed by atoms with Crippen LogP contribution in [-0.2, 0) is 25.8 Å². The number of benzene rings is 2. The molecule has 0 amide bonds. The zero-order valence-electron chi connectivity index (χ0n) is 15.3. The molecule has 0 atom stereocenters. The summed E-state index contributed by atoms with van der Waals surface area (Å²) in [4.78, 5) is 16.6. The Bertz CT molecular complexity index is 1050. The summed E-state index contributed by atoms with van der Waals surface area (Å²) in [6.45, 7) is 0.424. The van der Waals surface area contributed by atoms with E-state index in [1.807, 2.05) is 0 Å². The number of alkyl halides is 3. The number of carboxylic acids is 1. The van der Waals surface area contributed by atoms with E-state index in [4.69, 9.17) is 32.7 Å². The van der Waals surface area contributed by atoms with Crippen molar-refractivity contribution in [1.82, 2.24) is 9.88 Å². The molecule has 1 heterocycles. The van der Waals surface area contributed by atoms with E-state index in [0.717, 1.165) is 18.4 Å². The summed E-state index contributed by atoms with van der Waals surface area (Å²) in [6.07, 6.45) is -3.45. The van der Waals surface area contributed by atoms with Crippen molar-refractivity contribution < 1.29 is 27.5 Å². The minimum absolute atomic E-state index is 0.0580. The van der Waals surface area contributed by atoms with Crippen molar-refractivity contribution in [2.75, 3.05) is 0 Å². The highest BCUT2D eigenvalue weighted by atomic mass is 35.5. The van der Waals surface area contributed by atoms with E-state index < -0.39 is 17.7 Å². The zero-order valence-corrected chi connectivity index (χ0v) is 16.8. The number of oxazole rings is 1. The quantitative estimate of drug-likeness (QED) is 0.477. The smallest absolute Gasteiger partial charge is 0.416 e. The number of nitrogens with zero attached hydrogens (tertiary/aromatic N) is 2. The third-order valence-electron chi connectivity index (χ3n) is 4.20. The van der Waals surface area contributed by atoms with Gasteiger partial charge in [0.25, 0.3) is 0 Å². The van der Waals surface area contributed by atoms with Gasteiger partial charge in [-0.15, -0.1) is 0 Å². The summed E-state index contributed by atoms with van der Waals surface area (Å²) in [5.74, 6) is -1.13. The average molecular weight is 459 g/mol. The third-order valence-corrected chi connectivity index (χ3v) is 4.79. The Balaban J connectivity index is 1.87. The van der Waals surface area contributed by atoms with Crippen LogP contribution in [0.25, 0.3) is 0 Å². The number of rotatable bonds is 7. The Morgan fingerprint density at radius 2 is 1.87 bits per heavy atom. The molecule has 0 radical (unpaired) electrons. The predicted molar refractivity (Wildman–Crippen MR) is 104 cm³/mol. The molecule has 0 aliphatic heterocycles. The van der Waals surface area contributed by atoms with E-state index in [2.05, 4.69) is 4.98 Å². The maximum atomic E-state index is 13.0. The van der Waals surface area contributed by atoms with Gasteiger partial charge in [0.05, 0.1) is 12.1 Å². The molecule has 30 heavy (non-hydrogen) atoms. The topological polar surface area (TPSA) is 66.6 Å². The maximum absolute atomic E-state index is 13.0. The van der Waals surface area contributed by atoms with Crippen LogP contribution in [0.1, 0.15) is 33.1 Å². The van der Waals surface area contributed by atoms with Gasteiger partial charge in [-0.3, -0.25) is 4.90 Å². The van der Waals surface area contributed by atoms with Crippen LogP contribution >= 0.6 is 23.2 Å². The molecule has 1 aromatic heterocycles. The molecule has 0 saturated heterocycles. The third kappa shape index (κ3) is 5.75. The van der Waals surface area contributed by atoms with Gasteiger partial charge in [-0.1, -0.05) is 47.5 Å². The van der Waals surface area contributed by atoms with Crippen LogP contribution in [0.5, 0.6) is 0 Å². The minimum atomic E-state index is -4.46. The standard InChI is InChI=1S/C20H15Cl2F3N2O3/c21-15-5-4-13(16(22)7-15)9-27(10-18-26-17(11-30-18)19(28)29)8-12-2-1-3-14(6-12)20(23,24)25/h1-7,11H,8-10H2,(H,28,29). The summed E-state index contributed by atoms with van der Waals surface area (Å²) in [6, 6.07) is 9.89. The molecule has 0 saturated carbocycles. The fourth-order valence-electron chi connectivity index (χ4n) is 2.84. The molecular weight excluding hydrogens is 444 g/mol. The summed E-state index contributed by atoms with van der Waals surface area (Å²) >= 11 is 12.2. The monoisotopic (exact) mass is 458 g/mol. The number of hydrogen-bond donors (Lipinski definition) is 1. The fraction of sp³-hybridized carbons (Fsp3) is 0.200. The van der Waals surface area contributed by atoms with Gasteiger partial charge in [0.15, 0.2) is 5.69 Å². The van der Waals surface area contributed by atoms with Crippen LogP contribution in [0.3, 0.4) is 0 Å². The Hall–Kier alpha value is -2.55. The molecule has 0 unspecified atom stereocenters. The highest BCUT2D eigenvalue weighted by Gasteiger charge is 2.30. The second kappa shape index (κ2) is 9.07. The first kappa shape index (κ1) is 22.1. The Labute approximate surface area is 179 Å². The molecule has 10 heteroatoms. The van der Waals surface area contributed by atoms with Gasteiger partial charge in [0, 0.05) is 23.1 Å². The van der Waals surface area contributed by atoms with Crippen molar-refractivity contribution in [3.8, 4) is 0 Å². The van der Waals surface area contributed by atoms with E-state index in [1.54, 1.807) is 29.2 Å². The number of halogens is 5. The maximum Gasteiger partial charge on any atom is 0.416 e. The summed E-state index contributed by atoms with van der Waals surface area (Å²) in [5, 5.41) is 9.85. The van der Waals surface area contributed by atoms with E-state index >= 15 is 0 Å². The largest absolute Gasteiger partial charge is 0.476 e. The average Bonchev–Trinajstić information content (AvgIpc) is 3.12. The first-order valence-electron chi connectivity index (χ1n) is 8.62. The molecule has 2 aromatic carbocycles. The second-order valence-corrected chi connectivity index (χ2v) is 7.35. The summed E-state index contributed by atoms with van der Waals surface area (Å²) in [5.41, 5.74) is 0.0975. The van der Waals surface area contributed by atoms with Crippen molar-refractivity contribution in [3.63, 3.8) is 0 Å². The van der Waals surface area contributed by atoms with Crippen molar-refractivity contribution >= 4 is 29.2 Å². The lowest BCUT2D eigenvalue weighted by molar-refractivity contribution is -0.137. The molecule has 3 aromatic rings. The van der Waals surface area contributed by atoms with E-state index in [-0.39, 0.29) is 31.2 Å². The Morgan fingerprint density at radius 3 is 2.50 bits per heavy atom. The normalized spacial score (nSPS) is 11.8. The van der Waals surface area contributed by atoms with Gasteiger partial charge in [0.1, 0.15) is 6.26 Å². The van der Waals surface area contributed by atoms with E-state index in [9.17, 15) is 18.0 Å². The summed E-state index contributed by atoms with van der Waals surface area (Å²) in [7, 11) is 0. The fourth-order valence-corrected chi connectivity index (χ4v) is 3.30. The number of aromatic nitrogens is 1. The molecule has 3 rings (SSSR count). The van der Waals surface area contributed by atoms with Crippen LogP contribution < -0.4 is 0 Å². The van der Waals surface area contributed by atoms with E-state index in [0.29, 0.717) is 21.2 Å². The predicted octanol–water partition coefficient (Wildman–Crippen LogP) is 5.90. The van der Waals surface area contributed by atoms with Crippen molar-refractivity contribution in [2.45, 2.75) is 25.8 Å². The van der Waals surface area contributed by atoms with Crippen LogP contribution in [0, 0.1) is 0 Å². The molecule has 0 aliphatic rings. The van der Waals surface area contributed by atoms with Gasteiger partial charge < -0.3 is 9.52 Å². The number of carbonyl (C=O) groups is 1. The van der Waals surface area contributed by atoms with Crippen molar-refractivity contribution in [2.24, 2.45) is 0 Å². The lowest BCUT2D eigenvalue weighted by Crippen LogP contribution is -2.23. The first-order chi connectivity index (χ1) is 14.1. The minimum Gasteiger partial charge on any atom is -0.476 e.